The summed E-state index contributed by atoms with van der Waals surface area (Å²) < 4.78 is 13.7. The normalized spacial score (nSPS) is 22.6. The molecule has 0 N–H and O–H groups in total. The Kier molecular flexibility index (Phi) is 3.65. The van der Waals surface area contributed by atoms with Crippen LogP contribution in [-0.4, -0.2) is 49.6 Å². The summed E-state index contributed by atoms with van der Waals surface area (Å²) in [5, 5.41) is 0. The van der Waals surface area contributed by atoms with Crippen LogP contribution in [0.5, 0.6) is 0 Å². The van der Waals surface area contributed by atoms with Crippen LogP contribution in [0.25, 0.3) is 0 Å². The zero-order valence-electron chi connectivity index (χ0n) is 14.8. The van der Waals surface area contributed by atoms with E-state index in [9.17, 15) is 9.18 Å². The molecule has 0 aromatic heterocycles. The summed E-state index contributed by atoms with van der Waals surface area (Å²) in [5.41, 5.74) is 4.09. The summed E-state index contributed by atoms with van der Waals surface area (Å²) in [5.74, 6) is -1.31. The van der Waals surface area contributed by atoms with Crippen molar-refractivity contribution in [2.24, 2.45) is 4.99 Å². The Morgan fingerprint density at radius 2 is 1.84 bits per heavy atom. The van der Waals surface area contributed by atoms with Gasteiger partial charge in [0.1, 0.15) is 0 Å². The van der Waals surface area contributed by atoms with E-state index < -0.39 is 11.6 Å². The lowest BCUT2D eigenvalue weighted by Gasteiger charge is -2.38. The van der Waals surface area contributed by atoms with Gasteiger partial charge in [0.05, 0.1) is 11.4 Å². The molecule has 0 radical (unpaired) electrons. The number of carbonyl (C=O) groups is 1. The largest absolute Gasteiger partial charge is 0.369 e. The van der Waals surface area contributed by atoms with E-state index in [1.807, 2.05) is 6.07 Å². The number of aliphatic imine (C=N–C) groups is 1. The minimum Gasteiger partial charge on any atom is -0.369 e. The first-order valence-electron chi connectivity index (χ1n) is 8.67. The molecule has 2 heterocycles. The number of rotatable bonds is 1. The molecule has 4 rings (SSSR count). The fourth-order valence-corrected chi connectivity index (χ4v) is 3.79. The first-order chi connectivity index (χ1) is 11.9. The fourth-order valence-electron chi connectivity index (χ4n) is 3.79. The monoisotopic (exact) mass is 339 g/mol. The molecule has 1 aliphatic carbocycles. The van der Waals surface area contributed by atoms with E-state index in [4.69, 9.17) is 0 Å². The van der Waals surface area contributed by atoms with E-state index in [2.05, 4.69) is 47.8 Å². The Morgan fingerprint density at radius 1 is 1.12 bits per heavy atom. The van der Waals surface area contributed by atoms with Gasteiger partial charge in [0, 0.05) is 43.4 Å². The van der Waals surface area contributed by atoms with Gasteiger partial charge in [-0.1, -0.05) is 13.8 Å². The highest BCUT2D eigenvalue weighted by molar-refractivity contribution is 6.23. The molecule has 0 spiro atoms. The zero-order valence-corrected chi connectivity index (χ0v) is 14.8. The van der Waals surface area contributed by atoms with Crippen LogP contribution in [0.3, 0.4) is 0 Å². The lowest BCUT2D eigenvalue weighted by molar-refractivity contribution is -0.112. The van der Waals surface area contributed by atoms with E-state index in [-0.39, 0.29) is 5.41 Å². The van der Waals surface area contributed by atoms with Crippen LogP contribution in [0.1, 0.15) is 19.4 Å². The molecule has 1 fully saturated rings. The van der Waals surface area contributed by atoms with Crippen LogP contribution in [-0.2, 0) is 10.2 Å². The highest BCUT2D eigenvalue weighted by atomic mass is 19.1. The molecule has 25 heavy (non-hydrogen) atoms. The zero-order chi connectivity index (χ0) is 17.8. The van der Waals surface area contributed by atoms with Crippen molar-refractivity contribution in [1.82, 2.24) is 4.90 Å². The highest BCUT2D eigenvalue weighted by Gasteiger charge is 2.37. The Balaban J connectivity index is 1.77. The average molecular weight is 339 g/mol. The van der Waals surface area contributed by atoms with Gasteiger partial charge < -0.3 is 9.80 Å². The quantitative estimate of drug-likeness (QED) is 0.738. The van der Waals surface area contributed by atoms with Crippen LogP contribution in [0.15, 0.2) is 46.7 Å². The molecule has 5 heteroatoms. The second-order valence-electron chi connectivity index (χ2n) is 7.53. The van der Waals surface area contributed by atoms with Crippen LogP contribution in [0.2, 0.25) is 0 Å². The molecule has 0 saturated carbocycles. The molecule has 3 aliphatic rings. The van der Waals surface area contributed by atoms with Gasteiger partial charge in [-0.2, -0.15) is 0 Å². The Hall–Kier alpha value is -2.27. The molecule has 0 amide bonds. The third-order valence-corrected chi connectivity index (χ3v) is 5.49. The molecule has 0 unspecified atom stereocenters. The van der Waals surface area contributed by atoms with Crippen LogP contribution < -0.4 is 4.90 Å². The summed E-state index contributed by atoms with van der Waals surface area (Å²) in [6.45, 7) is 8.24. The van der Waals surface area contributed by atoms with E-state index in [0.29, 0.717) is 5.71 Å². The number of carbonyl (C=O) groups excluding carboxylic acids is 1. The van der Waals surface area contributed by atoms with Gasteiger partial charge in [-0.05, 0) is 42.5 Å². The minimum absolute atomic E-state index is 0.387. The predicted octanol–water partition coefficient (Wildman–Crippen LogP) is 3.16. The summed E-state index contributed by atoms with van der Waals surface area (Å²) >= 11 is 0. The Morgan fingerprint density at radius 3 is 2.56 bits per heavy atom. The first kappa shape index (κ1) is 16.2. The molecule has 1 aromatic carbocycles. The maximum Gasteiger partial charge on any atom is 0.214 e. The summed E-state index contributed by atoms with van der Waals surface area (Å²) in [6, 6.07) is 6.28. The molecule has 1 saturated heterocycles. The topological polar surface area (TPSA) is 35.9 Å². The molecule has 0 bridgehead atoms. The molecule has 4 nitrogen and oxygen atoms in total. The van der Waals surface area contributed by atoms with E-state index >= 15 is 0 Å². The minimum atomic E-state index is -0.740. The van der Waals surface area contributed by atoms with Gasteiger partial charge in [0.2, 0.25) is 5.78 Å². The number of piperazine rings is 1. The van der Waals surface area contributed by atoms with Crippen molar-refractivity contribution < 1.29 is 9.18 Å². The fraction of sp³-hybridized carbons (Fsp3) is 0.400. The average Bonchev–Trinajstić information content (AvgIpc) is 2.58. The lowest BCUT2D eigenvalue weighted by Crippen LogP contribution is -2.44. The number of allylic oxidation sites excluding steroid dienone is 4. The standard InChI is InChI=1S/C20H22FN3O/c1-20(2)14-10-13(24-8-6-23(3)7-9-24)4-5-17(14)22-18-12-16(21)19(25)11-15(18)20/h4-5,10-12H,6-9H2,1-3H3. The second kappa shape index (κ2) is 5.63. The summed E-state index contributed by atoms with van der Waals surface area (Å²) in [7, 11) is 2.14. The van der Waals surface area contributed by atoms with Gasteiger partial charge in [-0.15, -0.1) is 0 Å². The molecular weight excluding hydrogens is 317 g/mol. The van der Waals surface area contributed by atoms with E-state index in [1.165, 1.54) is 17.8 Å². The van der Waals surface area contributed by atoms with Crippen LogP contribution >= 0.6 is 0 Å². The van der Waals surface area contributed by atoms with Crippen LogP contribution in [0, 0.1) is 0 Å². The maximum atomic E-state index is 13.7. The van der Waals surface area contributed by atoms with Crippen molar-refractivity contribution >= 4 is 22.9 Å². The van der Waals surface area contributed by atoms with Crippen molar-refractivity contribution in [2.45, 2.75) is 19.3 Å². The van der Waals surface area contributed by atoms with Gasteiger partial charge >= 0.3 is 0 Å². The van der Waals surface area contributed by atoms with E-state index in [1.54, 1.807) is 0 Å². The van der Waals surface area contributed by atoms with Crippen molar-refractivity contribution in [2.75, 3.05) is 38.1 Å². The molecule has 2 aliphatic heterocycles. The molecule has 0 atom stereocenters. The van der Waals surface area contributed by atoms with Gasteiger partial charge in [-0.25, -0.2) is 9.38 Å². The number of hydrogen-bond acceptors (Lipinski definition) is 4. The predicted molar refractivity (Wildman–Crippen MR) is 98.6 cm³/mol. The number of likely N-dealkylation sites (N-methyl/N-ethyl adjacent to an activating group) is 1. The van der Waals surface area contributed by atoms with Crippen molar-refractivity contribution in [3.8, 4) is 0 Å². The first-order valence-corrected chi connectivity index (χ1v) is 8.67. The van der Waals surface area contributed by atoms with Crippen molar-refractivity contribution in [1.29, 1.82) is 0 Å². The smallest absolute Gasteiger partial charge is 0.214 e. The lowest BCUT2D eigenvalue weighted by atomic mass is 9.71. The van der Waals surface area contributed by atoms with Gasteiger partial charge in [0.15, 0.2) is 5.83 Å². The number of hydrogen-bond donors (Lipinski definition) is 0. The number of anilines is 1. The summed E-state index contributed by atoms with van der Waals surface area (Å²) in [6.07, 6.45) is 2.66. The number of nitrogens with zero attached hydrogens (tertiary/aromatic N) is 3. The number of fused-ring (bicyclic) bond motifs is 2. The van der Waals surface area contributed by atoms with Crippen LogP contribution in [0.4, 0.5) is 15.8 Å². The molecule has 1 aromatic rings. The maximum absolute atomic E-state index is 13.7. The third-order valence-electron chi connectivity index (χ3n) is 5.49. The Bertz CT molecular complexity index is 842. The van der Waals surface area contributed by atoms with E-state index in [0.717, 1.165) is 43.0 Å². The summed E-state index contributed by atoms with van der Waals surface area (Å²) in [4.78, 5) is 21.1. The van der Waals surface area contributed by atoms with Crippen molar-refractivity contribution in [3.05, 3.63) is 47.3 Å². The van der Waals surface area contributed by atoms with Gasteiger partial charge in [0.25, 0.3) is 0 Å². The van der Waals surface area contributed by atoms with Crippen molar-refractivity contribution in [3.63, 3.8) is 0 Å². The SMILES string of the molecule is CN1CCN(c2ccc3c(c2)C(C)(C)C2=CC(=O)C(F)=CC2=N3)CC1. The second-order valence-corrected chi connectivity index (χ2v) is 7.53. The number of ketones is 1. The Labute approximate surface area is 147 Å². The van der Waals surface area contributed by atoms with Gasteiger partial charge in [-0.3, -0.25) is 4.79 Å². The number of benzene rings is 1. The molecular formula is C20H22FN3O. The molecule has 130 valence electrons. The number of halogens is 1. The highest BCUT2D eigenvalue weighted by Crippen LogP contribution is 2.45. The third kappa shape index (κ3) is 2.63.